The summed E-state index contributed by atoms with van der Waals surface area (Å²) in [6, 6.07) is 7.15. The SMILES string of the molecule is O=C(O)CCCNC(=S)Nc1ccc(Cl)cc1. The molecule has 1 aromatic carbocycles. The number of rotatable bonds is 5. The van der Waals surface area contributed by atoms with Crippen LogP contribution in [0.4, 0.5) is 5.69 Å². The van der Waals surface area contributed by atoms with Crippen molar-refractivity contribution < 1.29 is 9.90 Å². The predicted octanol–water partition coefficient (Wildman–Crippen LogP) is 2.49. The minimum atomic E-state index is -0.802. The smallest absolute Gasteiger partial charge is 0.303 e. The summed E-state index contributed by atoms with van der Waals surface area (Å²) in [7, 11) is 0. The van der Waals surface area contributed by atoms with Crippen LogP contribution in [-0.4, -0.2) is 22.7 Å². The van der Waals surface area contributed by atoms with Crippen LogP contribution in [-0.2, 0) is 4.79 Å². The molecule has 0 aromatic heterocycles. The number of halogens is 1. The molecule has 3 N–H and O–H groups in total. The molecule has 92 valence electrons. The number of nitrogens with one attached hydrogen (secondary N) is 2. The third-order valence-electron chi connectivity index (χ3n) is 1.96. The lowest BCUT2D eigenvalue weighted by Gasteiger charge is -2.09. The van der Waals surface area contributed by atoms with E-state index in [1.165, 1.54) is 0 Å². The van der Waals surface area contributed by atoms with Crippen LogP contribution in [0.3, 0.4) is 0 Å². The molecule has 0 heterocycles. The van der Waals surface area contributed by atoms with E-state index >= 15 is 0 Å². The second-order valence-corrected chi connectivity index (χ2v) is 4.23. The summed E-state index contributed by atoms with van der Waals surface area (Å²) >= 11 is 10.8. The Balaban J connectivity index is 2.25. The molecule has 0 saturated carbocycles. The third kappa shape index (κ3) is 6.09. The molecular weight excluding hydrogens is 260 g/mol. The molecule has 6 heteroatoms. The van der Waals surface area contributed by atoms with Gasteiger partial charge in [0, 0.05) is 23.7 Å². The molecule has 0 amide bonds. The summed E-state index contributed by atoms with van der Waals surface area (Å²) in [5, 5.41) is 15.5. The first-order valence-corrected chi connectivity index (χ1v) is 5.89. The molecule has 0 spiro atoms. The van der Waals surface area contributed by atoms with Crippen LogP contribution in [0.5, 0.6) is 0 Å². The molecule has 0 aliphatic rings. The van der Waals surface area contributed by atoms with Crippen molar-refractivity contribution in [1.82, 2.24) is 5.32 Å². The zero-order chi connectivity index (χ0) is 12.7. The Morgan fingerprint density at radius 1 is 1.35 bits per heavy atom. The molecule has 0 fully saturated rings. The fourth-order valence-corrected chi connectivity index (χ4v) is 1.50. The van der Waals surface area contributed by atoms with Crippen LogP contribution in [0.15, 0.2) is 24.3 Å². The largest absolute Gasteiger partial charge is 0.481 e. The van der Waals surface area contributed by atoms with Gasteiger partial charge in [-0.1, -0.05) is 11.6 Å². The average Bonchev–Trinajstić information content (AvgIpc) is 2.27. The molecule has 17 heavy (non-hydrogen) atoms. The number of carboxylic acid groups (broad SMARTS) is 1. The van der Waals surface area contributed by atoms with Crippen LogP contribution in [0.2, 0.25) is 5.02 Å². The number of anilines is 1. The van der Waals surface area contributed by atoms with Gasteiger partial charge in [0.25, 0.3) is 0 Å². The summed E-state index contributed by atoms with van der Waals surface area (Å²) in [5.41, 5.74) is 0.838. The molecule has 0 aliphatic carbocycles. The Kier molecular flexibility index (Phi) is 5.72. The molecule has 0 unspecified atom stereocenters. The Hall–Kier alpha value is -1.33. The van der Waals surface area contributed by atoms with E-state index in [-0.39, 0.29) is 6.42 Å². The lowest BCUT2D eigenvalue weighted by molar-refractivity contribution is -0.137. The highest BCUT2D eigenvalue weighted by Crippen LogP contribution is 2.12. The molecule has 0 aliphatic heterocycles. The second kappa shape index (κ2) is 7.09. The van der Waals surface area contributed by atoms with Gasteiger partial charge in [0.05, 0.1) is 0 Å². The number of hydrogen-bond acceptors (Lipinski definition) is 2. The molecule has 0 bridgehead atoms. The Morgan fingerprint density at radius 3 is 2.59 bits per heavy atom. The fourth-order valence-electron chi connectivity index (χ4n) is 1.15. The van der Waals surface area contributed by atoms with Gasteiger partial charge in [-0.15, -0.1) is 0 Å². The zero-order valence-corrected chi connectivity index (χ0v) is 10.6. The Labute approximate surface area is 110 Å². The van der Waals surface area contributed by atoms with E-state index in [4.69, 9.17) is 28.9 Å². The van der Waals surface area contributed by atoms with Crippen LogP contribution in [0.1, 0.15) is 12.8 Å². The van der Waals surface area contributed by atoms with Crippen molar-refractivity contribution in [3.05, 3.63) is 29.3 Å². The van der Waals surface area contributed by atoms with Crippen molar-refractivity contribution >= 4 is 40.6 Å². The van der Waals surface area contributed by atoms with E-state index in [1.54, 1.807) is 12.1 Å². The maximum absolute atomic E-state index is 10.3. The maximum atomic E-state index is 10.3. The first-order chi connectivity index (χ1) is 8.08. The fraction of sp³-hybridized carbons (Fsp3) is 0.273. The molecule has 1 rings (SSSR count). The minimum Gasteiger partial charge on any atom is -0.481 e. The summed E-state index contributed by atoms with van der Waals surface area (Å²) in [6.45, 7) is 0.533. The van der Waals surface area contributed by atoms with Crippen LogP contribution in [0, 0.1) is 0 Å². The monoisotopic (exact) mass is 272 g/mol. The highest BCUT2D eigenvalue weighted by Gasteiger charge is 1.99. The van der Waals surface area contributed by atoms with E-state index in [1.807, 2.05) is 12.1 Å². The van der Waals surface area contributed by atoms with E-state index in [9.17, 15) is 4.79 Å². The summed E-state index contributed by atoms with van der Waals surface area (Å²) in [5.74, 6) is -0.802. The van der Waals surface area contributed by atoms with Crippen molar-refractivity contribution in [3.8, 4) is 0 Å². The third-order valence-corrected chi connectivity index (χ3v) is 2.45. The number of thiocarbonyl (C=S) groups is 1. The maximum Gasteiger partial charge on any atom is 0.303 e. The lowest BCUT2D eigenvalue weighted by atomic mass is 10.3. The molecule has 4 nitrogen and oxygen atoms in total. The Bertz CT molecular complexity index is 395. The quantitative estimate of drug-likeness (QED) is 0.568. The Morgan fingerprint density at radius 2 is 2.00 bits per heavy atom. The van der Waals surface area contributed by atoms with Gasteiger partial charge in [0.1, 0.15) is 0 Å². The van der Waals surface area contributed by atoms with Crippen LogP contribution in [0.25, 0.3) is 0 Å². The highest BCUT2D eigenvalue weighted by molar-refractivity contribution is 7.80. The first-order valence-electron chi connectivity index (χ1n) is 5.10. The van der Waals surface area contributed by atoms with Crippen molar-refractivity contribution in [2.75, 3.05) is 11.9 Å². The van der Waals surface area contributed by atoms with Gasteiger partial charge in [0.15, 0.2) is 5.11 Å². The van der Waals surface area contributed by atoms with Gasteiger partial charge in [0.2, 0.25) is 0 Å². The van der Waals surface area contributed by atoms with E-state index in [2.05, 4.69) is 10.6 Å². The summed E-state index contributed by atoms with van der Waals surface area (Å²) < 4.78 is 0. The number of hydrogen-bond donors (Lipinski definition) is 3. The van der Waals surface area contributed by atoms with E-state index in [0.717, 1.165) is 5.69 Å². The van der Waals surface area contributed by atoms with Gasteiger partial charge in [-0.2, -0.15) is 0 Å². The first kappa shape index (κ1) is 13.7. The van der Waals surface area contributed by atoms with Crippen molar-refractivity contribution in [2.24, 2.45) is 0 Å². The van der Waals surface area contributed by atoms with Crippen molar-refractivity contribution in [1.29, 1.82) is 0 Å². The van der Waals surface area contributed by atoms with Gasteiger partial charge in [-0.25, -0.2) is 0 Å². The molecular formula is C11H13ClN2O2S. The van der Waals surface area contributed by atoms with E-state index in [0.29, 0.717) is 23.1 Å². The lowest BCUT2D eigenvalue weighted by Crippen LogP contribution is -2.29. The predicted molar refractivity (Wildman–Crippen MR) is 72.5 cm³/mol. The molecule has 0 atom stereocenters. The van der Waals surface area contributed by atoms with Crippen molar-refractivity contribution in [2.45, 2.75) is 12.8 Å². The second-order valence-electron chi connectivity index (χ2n) is 3.39. The molecule has 0 saturated heterocycles. The number of carbonyl (C=O) groups is 1. The number of benzene rings is 1. The zero-order valence-electron chi connectivity index (χ0n) is 9.07. The van der Waals surface area contributed by atoms with Gasteiger partial charge >= 0.3 is 5.97 Å². The highest BCUT2D eigenvalue weighted by atomic mass is 35.5. The van der Waals surface area contributed by atoms with Gasteiger partial charge < -0.3 is 15.7 Å². The summed E-state index contributed by atoms with van der Waals surface area (Å²) in [4.78, 5) is 10.3. The number of aliphatic carboxylic acids is 1. The van der Waals surface area contributed by atoms with Gasteiger partial charge in [-0.05, 0) is 42.9 Å². The van der Waals surface area contributed by atoms with Crippen LogP contribution < -0.4 is 10.6 Å². The summed E-state index contributed by atoms with van der Waals surface area (Å²) in [6.07, 6.45) is 0.675. The topological polar surface area (TPSA) is 61.4 Å². The molecule has 1 aromatic rings. The van der Waals surface area contributed by atoms with Crippen LogP contribution >= 0.6 is 23.8 Å². The molecule has 0 radical (unpaired) electrons. The number of carboxylic acids is 1. The van der Waals surface area contributed by atoms with Gasteiger partial charge in [-0.3, -0.25) is 4.79 Å². The minimum absolute atomic E-state index is 0.135. The van der Waals surface area contributed by atoms with Crippen molar-refractivity contribution in [3.63, 3.8) is 0 Å². The average molecular weight is 273 g/mol. The van der Waals surface area contributed by atoms with E-state index < -0.39 is 5.97 Å². The standard InChI is InChI=1S/C11H13ClN2O2S/c12-8-3-5-9(6-4-8)14-11(17)13-7-1-2-10(15)16/h3-6H,1-2,7H2,(H,15,16)(H2,13,14,17). The normalized spacial score (nSPS) is 9.71.